The molecule has 1 aliphatic carbocycles. The molecule has 0 aliphatic heterocycles. The summed E-state index contributed by atoms with van der Waals surface area (Å²) in [6, 6.07) is 0.552. The van der Waals surface area contributed by atoms with Crippen LogP contribution in [0.3, 0.4) is 0 Å². The van der Waals surface area contributed by atoms with Crippen molar-refractivity contribution in [2.24, 2.45) is 5.73 Å². The third-order valence-electron chi connectivity index (χ3n) is 2.85. The Labute approximate surface area is 84.0 Å². The molecule has 1 aromatic rings. The first-order valence-electron chi connectivity index (χ1n) is 5.17. The fourth-order valence-corrected chi connectivity index (χ4v) is 1.83. The summed E-state index contributed by atoms with van der Waals surface area (Å²) in [7, 11) is 1.70. The van der Waals surface area contributed by atoms with Crippen molar-refractivity contribution < 1.29 is 4.74 Å². The topological polar surface area (TPSA) is 53.1 Å². The van der Waals surface area contributed by atoms with Crippen LogP contribution in [0.15, 0.2) is 6.20 Å². The Kier molecular flexibility index (Phi) is 2.72. The summed E-state index contributed by atoms with van der Waals surface area (Å²) in [6.07, 6.45) is 6.47. The summed E-state index contributed by atoms with van der Waals surface area (Å²) < 4.78 is 7.38. The number of hydrogen-bond acceptors (Lipinski definition) is 3. The highest BCUT2D eigenvalue weighted by molar-refractivity contribution is 5.25. The van der Waals surface area contributed by atoms with Gasteiger partial charge in [-0.05, 0) is 32.2 Å². The number of ether oxygens (including phenoxy) is 1. The van der Waals surface area contributed by atoms with E-state index < -0.39 is 0 Å². The van der Waals surface area contributed by atoms with Crippen LogP contribution in [0.5, 0.6) is 5.88 Å². The van der Waals surface area contributed by atoms with Crippen molar-refractivity contribution >= 4 is 0 Å². The first-order valence-corrected chi connectivity index (χ1v) is 5.17. The lowest BCUT2D eigenvalue weighted by molar-refractivity contribution is 0.249. The van der Waals surface area contributed by atoms with E-state index in [1.807, 2.05) is 10.9 Å². The molecule has 0 amide bonds. The highest BCUT2D eigenvalue weighted by atomic mass is 16.5. The van der Waals surface area contributed by atoms with Gasteiger partial charge in [-0.2, -0.15) is 5.10 Å². The SMILES string of the molecule is COc1c(CCN)cnn1C1CCC1. The quantitative estimate of drug-likeness (QED) is 0.783. The molecule has 1 fully saturated rings. The van der Waals surface area contributed by atoms with Gasteiger partial charge in [-0.25, -0.2) is 4.68 Å². The van der Waals surface area contributed by atoms with Crippen LogP contribution in [0.4, 0.5) is 0 Å². The molecule has 0 saturated heterocycles. The van der Waals surface area contributed by atoms with Gasteiger partial charge in [0.2, 0.25) is 5.88 Å². The maximum atomic E-state index is 5.52. The first-order chi connectivity index (χ1) is 6.86. The van der Waals surface area contributed by atoms with E-state index >= 15 is 0 Å². The summed E-state index contributed by atoms with van der Waals surface area (Å²) in [6.45, 7) is 0.646. The van der Waals surface area contributed by atoms with Gasteiger partial charge in [-0.1, -0.05) is 0 Å². The summed E-state index contributed by atoms with van der Waals surface area (Å²) in [5.74, 6) is 0.903. The van der Waals surface area contributed by atoms with E-state index in [0.717, 1.165) is 17.9 Å². The number of nitrogens with zero attached hydrogens (tertiary/aromatic N) is 2. The van der Waals surface area contributed by atoms with Crippen molar-refractivity contribution in [2.45, 2.75) is 31.7 Å². The number of nitrogens with two attached hydrogens (primary N) is 1. The Hall–Kier alpha value is -1.03. The Morgan fingerprint density at radius 1 is 1.64 bits per heavy atom. The molecular formula is C10H17N3O. The molecule has 4 heteroatoms. The lowest BCUT2D eigenvalue weighted by Gasteiger charge is -2.26. The third-order valence-corrected chi connectivity index (χ3v) is 2.85. The minimum absolute atomic E-state index is 0.552. The molecule has 0 radical (unpaired) electrons. The molecule has 0 aromatic carbocycles. The zero-order chi connectivity index (χ0) is 9.97. The Balaban J connectivity index is 2.21. The van der Waals surface area contributed by atoms with Gasteiger partial charge >= 0.3 is 0 Å². The standard InChI is InChI=1S/C10H17N3O/c1-14-10-8(5-6-11)7-12-13(10)9-3-2-4-9/h7,9H,2-6,11H2,1H3. The van der Waals surface area contributed by atoms with Gasteiger partial charge in [0.1, 0.15) is 0 Å². The molecule has 4 nitrogen and oxygen atoms in total. The lowest BCUT2D eigenvalue weighted by atomic mass is 9.93. The molecular weight excluding hydrogens is 178 g/mol. The Morgan fingerprint density at radius 3 is 2.93 bits per heavy atom. The van der Waals surface area contributed by atoms with Crippen LogP contribution >= 0.6 is 0 Å². The van der Waals surface area contributed by atoms with Gasteiger partial charge in [0.05, 0.1) is 19.3 Å². The van der Waals surface area contributed by atoms with Crippen LogP contribution in [0.2, 0.25) is 0 Å². The second-order valence-electron chi connectivity index (χ2n) is 3.75. The van der Waals surface area contributed by atoms with Crippen LogP contribution in [-0.4, -0.2) is 23.4 Å². The van der Waals surface area contributed by atoms with Gasteiger partial charge in [0.15, 0.2) is 0 Å². The van der Waals surface area contributed by atoms with Crippen LogP contribution in [0.1, 0.15) is 30.9 Å². The molecule has 0 spiro atoms. The maximum Gasteiger partial charge on any atom is 0.215 e. The third kappa shape index (κ3) is 1.50. The number of hydrogen-bond donors (Lipinski definition) is 1. The predicted octanol–water partition coefficient (Wildman–Crippen LogP) is 1.12. The van der Waals surface area contributed by atoms with Crippen LogP contribution < -0.4 is 10.5 Å². The van der Waals surface area contributed by atoms with Crippen molar-refractivity contribution in [1.82, 2.24) is 9.78 Å². The van der Waals surface area contributed by atoms with Crippen molar-refractivity contribution in [3.8, 4) is 5.88 Å². The van der Waals surface area contributed by atoms with Gasteiger partial charge in [-0.3, -0.25) is 0 Å². The zero-order valence-electron chi connectivity index (χ0n) is 8.57. The minimum atomic E-state index is 0.552. The molecule has 2 rings (SSSR count). The van der Waals surface area contributed by atoms with Crippen LogP contribution in [-0.2, 0) is 6.42 Å². The second-order valence-corrected chi connectivity index (χ2v) is 3.75. The molecule has 1 aromatic heterocycles. The largest absolute Gasteiger partial charge is 0.481 e. The van der Waals surface area contributed by atoms with Crippen molar-refractivity contribution in [1.29, 1.82) is 0 Å². The molecule has 0 bridgehead atoms. The predicted molar refractivity (Wildman–Crippen MR) is 54.4 cm³/mol. The first kappa shape index (κ1) is 9.52. The highest BCUT2D eigenvalue weighted by Crippen LogP contribution is 2.35. The molecule has 1 heterocycles. The van der Waals surface area contributed by atoms with E-state index in [1.54, 1.807) is 7.11 Å². The summed E-state index contributed by atoms with van der Waals surface area (Å²) >= 11 is 0. The monoisotopic (exact) mass is 195 g/mol. The van der Waals surface area contributed by atoms with E-state index in [2.05, 4.69) is 5.10 Å². The normalized spacial score (nSPS) is 16.7. The Bertz CT molecular complexity index is 304. The number of methoxy groups -OCH3 is 1. The molecule has 78 valence electrons. The van der Waals surface area contributed by atoms with Crippen LogP contribution in [0, 0.1) is 0 Å². The molecule has 0 unspecified atom stereocenters. The highest BCUT2D eigenvalue weighted by Gasteiger charge is 2.24. The van der Waals surface area contributed by atoms with Crippen molar-refractivity contribution in [2.75, 3.05) is 13.7 Å². The molecule has 1 saturated carbocycles. The van der Waals surface area contributed by atoms with E-state index in [4.69, 9.17) is 10.5 Å². The van der Waals surface area contributed by atoms with Crippen LogP contribution in [0.25, 0.3) is 0 Å². The summed E-state index contributed by atoms with van der Waals surface area (Å²) in [5, 5.41) is 4.36. The van der Waals surface area contributed by atoms with E-state index in [1.165, 1.54) is 19.3 Å². The molecule has 1 aliphatic rings. The number of aromatic nitrogens is 2. The smallest absolute Gasteiger partial charge is 0.215 e. The summed E-state index contributed by atoms with van der Waals surface area (Å²) in [5.41, 5.74) is 6.65. The van der Waals surface area contributed by atoms with Crippen molar-refractivity contribution in [3.63, 3.8) is 0 Å². The average molecular weight is 195 g/mol. The molecule has 0 atom stereocenters. The van der Waals surface area contributed by atoms with Gasteiger partial charge in [-0.15, -0.1) is 0 Å². The van der Waals surface area contributed by atoms with Crippen molar-refractivity contribution in [3.05, 3.63) is 11.8 Å². The van der Waals surface area contributed by atoms with E-state index in [0.29, 0.717) is 12.6 Å². The van der Waals surface area contributed by atoms with Gasteiger partial charge < -0.3 is 10.5 Å². The summed E-state index contributed by atoms with van der Waals surface area (Å²) in [4.78, 5) is 0. The number of rotatable bonds is 4. The van der Waals surface area contributed by atoms with Gasteiger partial charge in [0.25, 0.3) is 0 Å². The average Bonchev–Trinajstić information content (AvgIpc) is 2.46. The van der Waals surface area contributed by atoms with E-state index in [-0.39, 0.29) is 0 Å². The molecule has 2 N–H and O–H groups in total. The lowest BCUT2D eigenvalue weighted by Crippen LogP contribution is -2.19. The second kappa shape index (κ2) is 4.00. The minimum Gasteiger partial charge on any atom is -0.481 e. The zero-order valence-corrected chi connectivity index (χ0v) is 8.57. The maximum absolute atomic E-state index is 5.52. The van der Waals surface area contributed by atoms with E-state index in [9.17, 15) is 0 Å². The molecule has 14 heavy (non-hydrogen) atoms. The Morgan fingerprint density at radius 2 is 2.43 bits per heavy atom. The fraction of sp³-hybridized carbons (Fsp3) is 0.700. The van der Waals surface area contributed by atoms with Gasteiger partial charge in [0, 0.05) is 5.56 Å². The fourth-order valence-electron chi connectivity index (χ4n) is 1.83.